The lowest BCUT2D eigenvalue weighted by molar-refractivity contribution is -0.131. The second kappa shape index (κ2) is 13.2. The first kappa shape index (κ1) is 24.9. The maximum atomic E-state index is 10.4. The van der Waals surface area contributed by atoms with E-state index in [-0.39, 0.29) is 13.0 Å². The van der Waals surface area contributed by atoms with Crippen molar-refractivity contribution in [3.8, 4) is 0 Å². The molecule has 8 heteroatoms. The van der Waals surface area contributed by atoms with Crippen molar-refractivity contribution in [2.45, 2.75) is 43.4 Å². The molecule has 0 spiro atoms. The molecule has 0 amide bonds. The van der Waals surface area contributed by atoms with Gasteiger partial charge in [0.15, 0.2) is 0 Å². The van der Waals surface area contributed by atoms with Crippen LogP contribution < -0.4 is 0 Å². The Bertz CT molecular complexity index is 574. The number of carbonyl (C=O) groups is 1. The van der Waals surface area contributed by atoms with Crippen LogP contribution >= 0.6 is 0 Å². The minimum atomic E-state index is -1.80. The molecular weight excluding hydrogens is 356 g/mol. The zero-order valence-corrected chi connectivity index (χ0v) is 15.0. The maximum absolute atomic E-state index is 10.4. The lowest BCUT2D eigenvalue weighted by Crippen LogP contribution is -2.39. The summed E-state index contributed by atoms with van der Waals surface area (Å²) in [5.41, 5.74) is -1.80. The summed E-state index contributed by atoms with van der Waals surface area (Å²) in [6, 6.07) is 0. The van der Waals surface area contributed by atoms with Gasteiger partial charge in [-0.3, -0.25) is 0 Å². The molecule has 8 nitrogen and oxygen atoms in total. The van der Waals surface area contributed by atoms with Crippen molar-refractivity contribution >= 4 is 5.97 Å². The molecule has 0 bridgehead atoms. The molecule has 0 saturated heterocycles. The average molecular weight is 384 g/mol. The Morgan fingerprint density at radius 2 is 1.56 bits per heavy atom. The van der Waals surface area contributed by atoms with Gasteiger partial charge < -0.3 is 35.7 Å². The number of rotatable bonds is 12. The molecule has 0 aliphatic rings. The molecule has 0 aromatic heterocycles. The van der Waals surface area contributed by atoms with Crippen molar-refractivity contribution in [2.24, 2.45) is 0 Å². The van der Waals surface area contributed by atoms with E-state index in [9.17, 15) is 30.3 Å². The van der Waals surface area contributed by atoms with Crippen LogP contribution in [0.3, 0.4) is 0 Å². The molecule has 5 unspecified atom stereocenters. The smallest absolute Gasteiger partial charge is 0.328 e. The van der Waals surface area contributed by atoms with Gasteiger partial charge in [0.25, 0.3) is 0 Å². The van der Waals surface area contributed by atoms with Gasteiger partial charge in [-0.05, 0) is 13.0 Å². The van der Waals surface area contributed by atoms with Gasteiger partial charge in [0.1, 0.15) is 17.8 Å². The lowest BCUT2D eigenvalue weighted by atomic mass is 9.93. The summed E-state index contributed by atoms with van der Waals surface area (Å²) in [6.07, 6.45) is 7.40. The Kier molecular flexibility index (Phi) is 12.1. The average Bonchev–Trinajstić information content (AvgIpc) is 2.60. The number of hydrogen-bond acceptors (Lipinski definition) is 7. The van der Waals surface area contributed by atoms with Gasteiger partial charge >= 0.3 is 5.97 Å². The van der Waals surface area contributed by atoms with Gasteiger partial charge in [-0.2, -0.15) is 0 Å². The standard InChI is InChI=1S/C19H28O8/c1-19(27,11-10-16(23)15(22)8-9-18(25)26)17(24)13-14(21)7-5-3-2-4-6-12-20/h2-11,14-17,20-24,27H,12-13H2,1H3,(H,25,26)/b3-2+,6-4+,7-5+,9-8+,11-10+. The van der Waals surface area contributed by atoms with Gasteiger partial charge in [-0.1, -0.05) is 48.6 Å². The van der Waals surface area contributed by atoms with Crippen molar-refractivity contribution < 1.29 is 40.5 Å². The molecule has 7 N–H and O–H groups in total. The summed E-state index contributed by atoms with van der Waals surface area (Å²) in [5.74, 6) is -1.28. The lowest BCUT2D eigenvalue weighted by Gasteiger charge is -2.27. The molecule has 0 saturated carbocycles. The Morgan fingerprint density at radius 1 is 0.963 bits per heavy atom. The summed E-state index contributed by atoms with van der Waals surface area (Å²) in [6.45, 7) is 1.18. The SMILES string of the molecule is CC(O)(/C=C/C(O)C(O)/C=C/C(=O)O)C(O)CC(O)/C=C/C=C/C=C/CO. The number of aliphatic hydroxyl groups excluding tert-OH is 5. The highest BCUT2D eigenvalue weighted by Crippen LogP contribution is 2.18. The van der Waals surface area contributed by atoms with Crippen LogP contribution in [0.15, 0.2) is 60.8 Å². The summed E-state index contributed by atoms with van der Waals surface area (Å²) in [7, 11) is 0. The molecule has 0 rings (SSSR count). The van der Waals surface area contributed by atoms with E-state index >= 15 is 0 Å². The fourth-order valence-corrected chi connectivity index (χ4v) is 1.82. The summed E-state index contributed by atoms with van der Waals surface area (Å²) in [4.78, 5) is 10.4. The van der Waals surface area contributed by atoms with Crippen molar-refractivity contribution in [1.29, 1.82) is 0 Å². The zero-order chi connectivity index (χ0) is 20.9. The second-order valence-corrected chi connectivity index (χ2v) is 5.96. The van der Waals surface area contributed by atoms with Crippen molar-refractivity contribution in [3.05, 3.63) is 60.8 Å². The maximum Gasteiger partial charge on any atom is 0.328 e. The molecule has 27 heavy (non-hydrogen) atoms. The predicted octanol–water partition coefficient (Wildman–Crippen LogP) is -0.571. The quantitative estimate of drug-likeness (QED) is 0.134. The Morgan fingerprint density at radius 3 is 2.15 bits per heavy atom. The summed E-state index contributed by atoms with van der Waals surface area (Å²) >= 11 is 0. The highest BCUT2D eigenvalue weighted by atomic mass is 16.4. The summed E-state index contributed by atoms with van der Waals surface area (Å²) < 4.78 is 0. The van der Waals surface area contributed by atoms with Crippen molar-refractivity contribution in [2.75, 3.05) is 6.61 Å². The van der Waals surface area contributed by atoms with Gasteiger partial charge in [-0.15, -0.1) is 0 Å². The molecule has 0 aromatic carbocycles. The monoisotopic (exact) mass is 384 g/mol. The van der Waals surface area contributed by atoms with Crippen molar-refractivity contribution in [1.82, 2.24) is 0 Å². The Balaban J connectivity index is 4.67. The molecule has 0 aliphatic carbocycles. The van der Waals surface area contributed by atoms with E-state index in [0.717, 1.165) is 18.2 Å². The van der Waals surface area contributed by atoms with Crippen LogP contribution in [0.5, 0.6) is 0 Å². The third-order valence-electron chi connectivity index (χ3n) is 3.46. The number of hydrogen-bond donors (Lipinski definition) is 7. The van der Waals surface area contributed by atoms with E-state index in [0.29, 0.717) is 6.08 Å². The molecule has 5 atom stereocenters. The largest absolute Gasteiger partial charge is 0.478 e. The topological polar surface area (TPSA) is 159 Å². The van der Waals surface area contributed by atoms with Gasteiger partial charge in [0, 0.05) is 12.5 Å². The Labute approximate surface area is 158 Å². The summed E-state index contributed by atoms with van der Waals surface area (Å²) in [5, 5.41) is 66.4. The first-order valence-corrected chi connectivity index (χ1v) is 8.26. The highest BCUT2D eigenvalue weighted by molar-refractivity contribution is 5.79. The number of allylic oxidation sites excluding steroid dienone is 4. The van der Waals surface area contributed by atoms with E-state index in [4.69, 9.17) is 10.2 Å². The van der Waals surface area contributed by atoms with Crippen LogP contribution in [0.25, 0.3) is 0 Å². The molecule has 152 valence electrons. The van der Waals surface area contributed by atoms with Crippen molar-refractivity contribution in [3.63, 3.8) is 0 Å². The van der Waals surface area contributed by atoms with E-state index in [1.54, 1.807) is 24.3 Å². The van der Waals surface area contributed by atoms with E-state index < -0.39 is 36.0 Å². The molecule has 0 radical (unpaired) electrons. The molecule has 0 aromatic rings. The van der Waals surface area contributed by atoms with Crippen LogP contribution in [0.2, 0.25) is 0 Å². The molecule has 0 heterocycles. The molecule has 0 aliphatic heterocycles. The fraction of sp³-hybridized carbons (Fsp3) is 0.421. The normalized spacial score (nSPS) is 20.0. The van der Waals surface area contributed by atoms with Crippen LogP contribution in [-0.4, -0.2) is 78.3 Å². The molecular formula is C19H28O8. The highest BCUT2D eigenvalue weighted by Gasteiger charge is 2.29. The minimum Gasteiger partial charge on any atom is -0.478 e. The van der Waals surface area contributed by atoms with Crippen LogP contribution in [0.4, 0.5) is 0 Å². The van der Waals surface area contributed by atoms with E-state index in [1.807, 2.05) is 0 Å². The number of carboxylic acids is 1. The second-order valence-electron chi connectivity index (χ2n) is 5.96. The van der Waals surface area contributed by atoms with Gasteiger partial charge in [-0.25, -0.2) is 4.79 Å². The van der Waals surface area contributed by atoms with Gasteiger partial charge in [0.2, 0.25) is 0 Å². The Hall–Kier alpha value is -2.07. The number of carboxylic acid groups (broad SMARTS) is 1. The molecule has 0 fully saturated rings. The minimum absolute atomic E-state index is 0.0763. The third-order valence-corrected chi connectivity index (χ3v) is 3.46. The van der Waals surface area contributed by atoms with Crippen LogP contribution in [0.1, 0.15) is 13.3 Å². The zero-order valence-electron chi connectivity index (χ0n) is 15.0. The first-order valence-electron chi connectivity index (χ1n) is 8.26. The third kappa shape index (κ3) is 12.0. The first-order chi connectivity index (χ1) is 12.6. The van der Waals surface area contributed by atoms with E-state index in [2.05, 4.69) is 0 Å². The fourth-order valence-electron chi connectivity index (χ4n) is 1.82. The predicted molar refractivity (Wildman–Crippen MR) is 99.7 cm³/mol. The van der Waals surface area contributed by atoms with E-state index in [1.165, 1.54) is 19.1 Å². The van der Waals surface area contributed by atoms with Crippen LogP contribution in [0, 0.1) is 0 Å². The number of aliphatic carboxylic acids is 1. The number of aliphatic hydroxyl groups is 6. The van der Waals surface area contributed by atoms with Gasteiger partial charge in [0.05, 0.1) is 18.8 Å². The van der Waals surface area contributed by atoms with Crippen LogP contribution in [-0.2, 0) is 4.79 Å².